The van der Waals surface area contributed by atoms with E-state index in [2.05, 4.69) is 15.0 Å². The van der Waals surface area contributed by atoms with Crippen molar-refractivity contribution in [1.82, 2.24) is 19.3 Å². The van der Waals surface area contributed by atoms with Crippen LogP contribution in [-0.2, 0) is 11.3 Å². The molecule has 12 heteroatoms. The Morgan fingerprint density at radius 2 is 2.08 bits per heavy atom. The summed E-state index contributed by atoms with van der Waals surface area (Å²) in [6.45, 7) is 2.07. The Balaban J connectivity index is 1.56. The molecule has 0 bridgehead atoms. The van der Waals surface area contributed by atoms with E-state index >= 15 is 0 Å². The van der Waals surface area contributed by atoms with Crippen LogP contribution in [0.2, 0.25) is 10.0 Å². The molecule has 0 spiro atoms. The number of ether oxygens (including phenoxy) is 2. The van der Waals surface area contributed by atoms with Gasteiger partial charge < -0.3 is 24.0 Å². The molecule has 1 fully saturated rings. The molecule has 1 N–H and O–H groups in total. The maximum absolute atomic E-state index is 13.1. The van der Waals surface area contributed by atoms with E-state index in [0.717, 1.165) is 25.1 Å². The summed E-state index contributed by atoms with van der Waals surface area (Å²) < 4.78 is 14.4. The molecule has 5 rings (SSSR count). The Labute approximate surface area is 227 Å². The molecule has 10 nitrogen and oxygen atoms in total. The van der Waals surface area contributed by atoms with E-state index in [1.54, 1.807) is 53.1 Å². The quantitative estimate of drug-likeness (QED) is 0.324. The Bertz CT molecular complexity index is 1550. The van der Waals surface area contributed by atoms with Crippen LogP contribution in [0.15, 0.2) is 53.8 Å². The first kappa shape index (κ1) is 26.0. The van der Waals surface area contributed by atoms with Crippen LogP contribution in [0.4, 0.5) is 5.69 Å². The highest BCUT2D eigenvalue weighted by atomic mass is 35.5. The molecule has 4 aromatic rings. The summed E-state index contributed by atoms with van der Waals surface area (Å²) in [5, 5.41) is 15.0. The Kier molecular flexibility index (Phi) is 7.55. The van der Waals surface area contributed by atoms with Gasteiger partial charge in [0.05, 0.1) is 47.3 Å². The molecule has 198 valence electrons. The average Bonchev–Trinajstić information content (AvgIpc) is 3.57. The van der Waals surface area contributed by atoms with Crippen molar-refractivity contribution in [2.24, 2.45) is 0 Å². The second-order valence-electron chi connectivity index (χ2n) is 8.91. The first-order valence-electron chi connectivity index (χ1n) is 12.0. The number of hydrogen-bond acceptors (Lipinski definition) is 7. The van der Waals surface area contributed by atoms with E-state index in [9.17, 15) is 14.7 Å². The van der Waals surface area contributed by atoms with Crippen LogP contribution >= 0.6 is 23.2 Å². The van der Waals surface area contributed by atoms with E-state index in [-0.39, 0.29) is 17.0 Å². The van der Waals surface area contributed by atoms with Crippen molar-refractivity contribution in [3.8, 4) is 11.6 Å². The van der Waals surface area contributed by atoms with E-state index < -0.39 is 11.4 Å². The molecule has 0 amide bonds. The van der Waals surface area contributed by atoms with E-state index in [4.69, 9.17) is 32.7 Å². The van der Waals surface area contributed by atoms with Gasteiger partial charge in [-0.25, -0.2) is 9.78 Å². The summed E-state index contributed by atoms with van der Waals surface area (Å²) in [5.74, 6) is -0.950. The number of fused-ring (bicyclic) bond motifs is 1. The largest absolute Gasteiger partial charge is 0.477 e. The number of carboxylic acid groups (broad SMARTS) is 1. The highest BCUT2D eigenvalue weighted by molar-refractivity contribution is 6.34. The predicted octanol–water partition coefficient (Wildman–Crippen LogP) is 4.28. The Morgan fingerprint density at radius 3 is 2.84 bits per heavy atom. The zero-order valence-electron chi connectivity index (χ0n) is 20.5. The SMILES string of the molecule is COCCn1cc(-n2cc(C(=O)O)c(=O)c3cc(Cl)c(N4CCC[C@@H]4COc4ncccc4Cl)cc32)cn1. The number of nitrogens with zero attached hydrogens (tertiary/aromatic N) is 5. The maximum atomic E-state index is 13.1. The van der Waals surface area contributed by atoms with Gasteiger partial charge in [-0.1, -0.05) is 23.2 Å². The van der Waals surface area contributed by atoms with E-state index in [0.29, 0.717) is 46.9 Å². The van der Waals surface area contributed by atoms with Crippen molar-refractivity contribution in [3.05, 3.63) is 74.9 Å². The number of halogens is 2. The lowest BCUT2D eigenvalue weighted by atomic mass is 10.1. The lowest BCUT2D eigenvalue weighted by Gasteiger charge is -2.28. The van der Waals surface area contributed by atoms with Crippen LogP contribution < -0.4 is 15.1 Å². The number of carbonyl (C=O) groups is 1. The number of aromatic nitrogens is 4. The van der Waals surface area contributed by atoms with Crippen molar-refractivity contribution >= 4 is 45.8 Å². The minimum atomic E-state index is -1.32. The number of benzene rings is 1. The highest BCUT2D eigenvalue weighted by Gasteiger charge is 2.28. The molecule has 3 aromatic heterocycles. The van der Waals surface area contributed by atoms with Crippen molar-refractivity contribution < 1.29 is 19.4 Å². The monoisotopic (exact) mass is 557 g/mol. The van der Waals surface area contributed by atoms with Gasteiger partial charge in [-0.3, -0.25) is 9.48 Å². The summed E-state index contributed by atoms with van der Waals surface area (Å²) in [7, 11) is 1.60. The molecule has 0 radical (unpaired) electrons. The second kappa shape index (κ2) is 11.0. The fourth-order valence-corrected chi connectivity index (χ4v) is 5.13. The van der Waals surface area contributed by atoms with Crippen LogP contribution in [0.5, 0.6) is 5.88 Å². The first-order valence-corrected chi connectivity index (χ1v) is 12.8. The molecule has 1 aliphatic rings. The Morgan fingerprint density at radius 1 is 1.24 bits per heavy atom. The van der Waals surface area contributed by atoms with Gasteiger partial charge in [0.2, 0.25) is 11.3 Å². The predicted molar refractivity (Wildman–Crippen MR) is 144 cm³/mol. The number of carboxylic acids is 1. The lowest BCUT2D eigenvalue weighted by Crippen LogP contribution is -2.34. The third-order valence-electron chi connectivity index (χ3n) is 6.55. The van der Waals surface area contributed by atoms with Crippen molar-refractivity contribution in [1.29, 1.82) is 0 Å². The lowest BCUT2D eigenvalue weighted by molar-refractivity contribution is 0.0695. The fourth-order valence-electron chi connectivity index (χ4n) is 4.68. The van der Waals surface area contributed by atoms with Crippen LogP contribution in [-0.4, -0.2) is 63.3 Å². The summed E-state index contributed by atoms with van der Waals surface area (Å²) in [6, 6.07) is 6.82. The van der Waals surface area contributed by atoms with Gasteiger partial charge in [-0.2, -0.15) is 5.10 Å². The molecule has 0 saturated carbocycles. The van der Waals surface area contributed by atoms with Crippen LogP contribution in [0.3, 0.4) is 0 Å². The van der Waals surface area contributed by atoms with Crippen molar-refractivity contribution in [2.75, 3.05) is 31.8 Å². The van der Waals surface area contributed by atoms with Gasteiger partial charge in [0, 0.05) is 37.6 Å². The van der Waals surface area contributed by atoms with Crippen molar-refractivity contribution in [3.63, 3.8) is 0 Å². The molecular formula is C26H25Cl2N5O5. The first-order chi connectivity index (χ1) is 18.4. The standard InChI is InChI=1S/C26H25Cl2N5O5/c1-37-9-8-31-13-17(12-30-31)33-14-19(26(35)36)24(34)18-10-21(28)23(11-22(18)33)32-7-3-4-16(32)15-38-25-20(27)5-2-6-29-25/h2,5-6,10-14,16H,3-4,7-9,15H2,1H3,(H,35,36)/t16-/m1/s1. The average molecular weight is 558 g/mol. The van der Waals surface area contributed by atoms with Crippen LogP contribution in [0, 0.1) is 0 Å². The number of pyridine rings is 2. The number of hydrogen-bond donors (Lipinski definition) is 1. The smallest absolute Gasteiger partial charge is 0.341 e. The summed E-state index contributed by atoms with van der Waals surface area (Å²) in [5.41, 5.74) is 0.888. The molecule has 1 atom stereocenters. The van der Waals surface area contributed by atoms with Gasteiger partial charge in [0.1, 0.15) is 17.2 Å². The van der Waals surface area contributed by atoms with Gasteiger partial charge in [-0.15, -0.1) is 0 Å². The number of anilines is 1. The molecule has 4 heterocycles. The summed E-state index contributed by atoms with van der Waals surface area (Å²) in [6.07, 6.45) is 8.13. The third kappa shape index (κ3) is 5.07. The zero-order valence-corrected chi connectivity index (χ0v) is 22.0. The number of methoxy groups -OCH3 is 1. The summed E-state index contributed by atoms with van der Waals surface area (Å²) >= 11 is 12.9. The number of aromatic carboxylic acids is 1. The molecule has 38 heavy (non-hydrogen) atoms. The van der Waals surface area contributed by atoms with Gasteiger partial charge >= 0.3 is 5.97 Å². The van der Waals surface area contributed by atoms with Crippen molar-refractivity contribution in [2.45, 2.75) is 25.4 Å². The van der Waals surface area contributed by atoms with E-state index in [1.165, 1.54) is 6.20 Å². The molecule has 0 aliphatic carbocycles. The fraction of sp³-hybridized carbons (Fsp3) is 0.308. The topological polar surface area (TPSA) is 112 Å². The molecule has 1 aliphatic heterocycles. The van der Waals surface area contributed by atoms with E-state index in [1.807, 2.05) is 6.07 Å². The minimum absolute atomic E-state index is 0.00159. The molecule has 1 saturated heterocycles. The normalized spacial score (nSPS) is 15.3. The second-order valence-corrected chi connectivity index (χ2v) is 9.73. The van der Waals surface area contributed by atoms with Crippen LogP contribution in [0.25, 0.3) is 16.6 Å². The van der Waals surface area contributed by atoms with Gasteiger partial charge in [0.15, 0.2) is 0 Å². The number of rotatable bonds is 9. The van der Waals surface area contributed by atoms with Gasteiger partial charge in [-0.05, 0) is 37.1 Å². The molecular weight excluding hydrogens is 533 g/mol. The molecule has 0 unspecified atom stereocenters. The zero-order chi connectivity index (χ0) is 26.8. The highest BCUT2D eigenvalue weighted by Crippen LogP contribution is 2.36. The van der Waals surface area contributed by atoms with Gasteiger partial charge in [0.25, 0.3) is 0 Å². The Hall–Kier alpha value is -3.60. The van der Waals surface area contributed by atoms with Crippen LogP contribution in [0.1, 0.15) is 23.2 Å². The molecule has 1 aromatic carbocycles. The third-order valence-corrected chi connectivity index (χ3v) is 7.14. The minimum Gasteiger partial charge on any atom is -0.477 e. The maximum Gasteiger partial charge on any atom is 0.341 e. The summed E-state index contributed by atoms with van der Waals surface area (Å²) in [4.78, 5) is 31.3.